The summed E-state index contributed by atoms with van der Waals surface area (Å²) in [6, 6.07) is 3.61. The van der Waals surface area contributed by atoms with Gasteiger partial charge < -0.3 is 14.3 Å². The molecule has 0 amide bonds. The lowest BCUT2D eigenvalue weighted by Gasteiger charge is -2.43. The van der Waals surface area contributed by atoms with Crippen LogP contribution in [0.25, 0.3) is 0 Å². The smallest absolute Gasteiger partial charge is 0.134 e. The third-order valence-electron chi connectivity index (χ3n) is 3.31. The zero-order valence-electron chi connectivity index (χ0n) is 9.85. The Morgan fingerprint density at radius 1 is 1.38 bits per heavy atom. The highest BCUT2D eigenvalue weighted by Gasteiger charge is 2.37. The normalized spacial score (nSPS) is 20.9. The van der Waals surface area contributed by atoms with Gasteiger partial charge in [-0.1, -0.05) is 0 Å². The number of ether oxygens (including phenoxy) is 1. The van der Waals surface area contributed by atoms with Crippen LogP contribution >= 0.6 is 0 Å². The van der Waals surface area contributed by atoms with Gasteiger partial charge in [0.2, 0.25) is 0 Å². The highest BCUT2D eigenvalue weighted by atomic mass is 16.5. The Bertz CT molecular complexity index is 315. The number of hydrogen-bond donors (Lipinski definition) is 1. The average Bonchev–Trinajstić information content (AvgIpc) is 2.82. The van der Waals surface area contributed by atoms with Crippen molar-refractivity contribution < 1.29 is 14.3 Å². The first-order chi connectivity index (χ1) is 7.62. The molecular weight excluding hydrogens is 206 g/mol. The summed E-state index contributed by atoms with van der Waals surface area (Å²) in [6.45, 7) is 7.23. The Morgan fingerprint density at radius 2 is 2.06 bits per heavy atom. The fraction of sp³-hybridized carbons (Fsp3) is 0.667. The molecule has 0 saturated carbocycles. The summed E-state index contributed by atoms with van der Waals surface area (Å²) < 4.78 is 10.6. The molecular formula is C12H19NO3. The number of furan rings is 1. The summed E-state index contributed by atoms with van der Waals surface area (Å²) in [7, 11) is 0. The monoisotopic (exact) mass is 225 g/mol. The van der Waals surface area contributed by atoms with Crippen LogP contribution < -0.4 is 0 Å². The van der Waals surface area contributed by atoms with Crippen molar-refractivity contribution in [3.05, 3.63) is 24.2 Å². The second kappa shape index (κ2) is 4.57. The van der Waals surface area contributed by atoms with Gasteiger partial charge in [0.05, 0.1) is 19.5 Å². The van der Waals surface area contributed by atoms with E-state index in [0.717, 1.165) is 26.3 Å². The van der Waals surface area contributed by atoms with Crippen LogP contribution in [0.5, 0.6) is 0 Å². The molecule has 90 valence electrons. The van der Waals surface area contributed by atoms with Crippen LogP contribution in [0.2, 0.25) is 0 Å². The molecule has 1 atom stereocenters. The van der Waals surface area contributed by atoms with Crippen LogP contribution in [0.15, 0.2) is 22.8 Å². The quantitative estimate of drug-likeness (QED) is 0.845. The van der Waals surface area contributed by atoms with E-state index in [2.05, 4.69) is 4.90 Å². The van der Waals surface area contributed by atoms with Crippen molar-refractivity contribution >= 4 is 0 Å². The summed E-state index contributed by atoms with van der Waals surface area (Å²) in [5.41, 5.74) is -0.332. The maximum Gasteiger partial charge on any atom is 0.134 e. The van der Waals surface area contributed by atoms with Crippen molar-refractivity contribution in [3.63, 3.8) is 0 Å². The largest absolute Gasteiger partial charge is 0.467 e. The van der Waals surface area contributed by atoms with Crippen molar-refractivity contribution in [1.82, 2.24) is 4.90 Å². The number of nitrogens with zero attached hydrogens (tertiary/aromatic N) is 1. The Morgan fingerprint density at radius 3 is 2.62 bits per heavy atom. The van der Waals surface area contributed by atoms with Crippen LogP contribution in [0.1, 0.15) is 25.7 Å². The zero-order chi connectivity index (χ0) is 11.6. The molecule has 1 N–H and O–H groups in total. The molecule has 1 saturated heterocycles. The molecule has 0 spiro atoms. The third-order valence-corrected chi connectivity index (χ3v) is 3.31. The molecule has 4 heteroatoms. The van der Waals surface area contributed by atoms with Gasteiger partial charge in [-0.15, -0.1) is 0 Å². The molecule has 1 aromatic heterocycles. The molecule has 2 rings (SSSR count). The van der Waals surface area contributed by atoms with E-state index in [1.165, 1.54) is 0 Å². The van der Waals surface area contributed by atoms with E-state index in [1.54, 1.807) is 12.3 Å². The molecule has 1 aliphatic rings. The molecule has 16 heavy (non-hydrogen) atoms. The maximum atomic E-state index is 10.3. The van der Waals surface area contributed by atoms with Crippen molar-refractivity contribution in [2.75, 3.05) is 26.3 Å². The minimum absolute atomic E-state index is 0.332. The van der Waals surface area contributed by atoms with E-state index in [-0.39, 0.29) is 5.54 Å². The first-order valence-corrected chi connectivity index (χ1v) is 5.66. The van der Waals surface area contributed by atoms with Gasteiger partial charge in [0.25, 0.3) is 0 Å². The van der Waals surface area contributed by atoms with Crippen molar-refractivity contribution in [2.45, 2.75) is 25.5 Å². The van der Waals surface area contributed by atoms with Gasteiger partial charge in [-0.2, -0.15) is 0 Å². The molecule has 0 radical (unpaired) electrons. The highest BCUT2D eigenvalue weighted by molar-refractivity contribution is 5.08. The second-order valence-corrected chi connectivity index (χ2v) is 4.67. The number of rotatable bonds is 3. The van der Waals surface area contributed by atoms with Gasteiger partial charge in [0.15, 0.2) is 0 Å². The average molecular weight is 225 g/mol. The second-order valence-electron chi connectivity index (χ2n) is 4.67. The third kappa shape index (κ3) is 2.14. The van der Waals surface area contributed by atoms with Crippen LogP contribution in [-0.4, -0.2) is 41.8 Å². The molecule has 0 aliphatic carbocycles. The molecule has 1 aliphatic heterocycles. The van der Waals surface area contributed by atoms with Crippen LogP contribution in [0.4, 0.5) is 0 Å². The number of morpholine rings is 1. The van der Waals surface area contributed by atoms with Crippen LogP contribution in [0.3, 0.4) is 0 Å². The lowest BCUT2D eigenvalue weighted by Crippen LogP contribution is -2.53. The molecule has 1 fully saturated rings. The minimum atomic E-state index is -0.611. The van der Waals surface area contributed by atoms with Crippen molar-refractivity contribution in [3.8, 4) is 0 Å². The summed E-state index contributed by atoms with van der Waals surface area (Å²) in [6.07, 6.45) is 0.981. The summed E-state index contributed by atoms with van der Waals surface area (Å²) in [4.78, 5) is 2.24. The fourth-order valence-corrected chi connectivity index (χ4v) is 2.11. The number of aliphatic hydroxyl groups excluding tert-OH is 1. The number of hydrogen-bond acceptors (Lipinski definition) is 4. The molecule has 1 aromatic rings. The van der Waals surface area contributed by atoms with Gasteiger partial charge in [-0.05, 0) is 26.0 Å². The van der Waals surface area contributed by atoms with E-state index in [0.29, 0.717) is 5.76 Å². The Balaban J connectivity index is 2.10. The van der Waals surface area contributed by atoms with Gasteiger partial charge in [0.1, 0.15) is 11.9 Å². The lowest BCUT2D eigenvalue weighted by molar-refractivity contribution is -0.0689. The summed E-state index contributed by atoms with van der Waals surface area (Å²) in [5.74, 6) is 0.622. The van der Waals surface area contributed by atoms with Crippen molar-refractivity contribution in [1.29, 1.82) is 0 Å². The Hall–Kier alpha value is -0.840. The van der Waals surface area contributed by atoms with E-state index in [4.69, 9.17) is 9.15 Å². The fourth-order valence-electron chi connectivity index (χ4n) is 2.11. The predicted molar refractivity (Wildman–Crippen MR) is 60.1 cm³/mol. The first kappa shape index (κ1) is 11.6. The van der Waals surface area contributed by atoms with Gasteiger partial charge >= 0.3 is 0 Å². The van der Waals surface area contributed by atoms with E-state index in [9.17, 15) is 5.11 Å². The summed E-state index contributed by atoms with van der Waals surface area (Å²) in [5, 5.41) is 10.3. The minimum Gasteiger partial charge on any atom is -0.467 e. The highest BCUT2D eigenvalue weighted by Crippen LogP contribution is 2.31. The van der Waals surface area contributed by atoms with Crippen LogP contribution in [0, 0.1) is 0 Å². The Labute approximate surface area is 95.8 Å². The summed E-state index contributed by atoms with van der Waals surface area (Å²) >= 11 is 0. The molecule has 0 bridgehead atoms. The van der Waals surface area contributed by atoms with Gasteiger partial charge in [-0.3, -0.25) is 4.90 Å². The lowest BCUT2D eigenvalue weighted by atomic mass is 9.92. The van der Waals surface area contributed by atoms with Gasteiger partial charge in [-0.25, -0.2) is 0 Å². The molecule has 0 aromatic carbocycles. The Kier molecular flexibility index (Phi) is 3.33. The predicted octanol–water partition coefficient (Wildman–Crippen LogP) is 1.42. The van der Waals surface area contributed by atoms with Gasteiger partial charge in [0, 0.05) is 18.6 Å². The molecule has 2 heterocycles. The van der Waals surface area contributed by atoms with E-state index in [1.807, 2.05) is 19.9 Å². The van der Waals surface area contributed by atoms with Crippen LogP contribution in [-0.2, 0) is 4.74 Å². The van der Waals surface area contributed by atoms with E-state index >= 15 is 0 Å². The molecule has 1 unspecified atom stereocenters. The maximum absolute atomic E-state index is 10.3. The van der Waals surface area contributed by atoms with Crippen molar-refractivity contribution in [2.24, 2.45) is 0 Å². The SMILES string of the molecule is CC(C)(C(O)c1ccco1)N1CCOCC1. The topological polar surface area (TPSA) is 45.8 Å². The molecule has 4 nitrogen and oxygen atoms in total. The zero-order valence-corrected chi connectivity index (χ0v) is 9.85. The number of aliphatic hydroxyl groups is 1. The van der Waals surface area contributed by atoms with E-state index < -0.39 is 6.10 Å². The first-order valence-electron chi connectivity index (χ1n) is 5.66. The standard InChI is InChI=1S/C12H19NO3/c1-12(2,13-5-8-15-9-6-13)11(14)10-4-3-7-16-10/h3-4,7,11,14H,5-6,8-9H2,1-2H3.